The summed E-state index contributed by atoms with van der Waals surface area (Å²) in [6.07, 6.45) is 24.6. The minimum absolute atomic E-state index is 1.04. The Labute approximate surface area is 297 Å². The van der Waals surface area contributed by atoms with Crippen LogP contribution < -0.4 is 10.4 Å². The summed E-state index contributed by atoms with van der Waals surface area (Å²) >= 11 is 0. The Morgan fingerprint density at radius 3 is 1.82 bits per heavy atom. The minimum Gasteiger partial charge on any atom is -0.0757 e. The molecule has 0 saturated carbocycles. The molecule has 0 aliphatic heterocycles. The molecule has 0 nitrogen and oxygen atoms in total. The maximum absolute atomic E-state index is 2.47. The molecule has 2 aliphatic rings. The van der Waals surface area contributed by atoms with E-state index in [-0.39, 0.29) is 0 Å². The van der Waals surface area contributed by atoms with Crippen molar-refractivity contribution in [1.82, 2.24) is 0 Å². The first-order chi connectivity index (χ1) is 24.5. The molecule has 2 aliphatic carbocycles. The van der Waals surface area contributed by atoms with Gasteiger partial charge in [0, 0.05) is 0 Å². The van der Waals surface area contributed by atoms with Gasteiger partial charge in [-0.25, -0.2) is 0 Å². The first-order valence-electron chi connectivity index (χ1n) is 17.8. The zero-order valence-electron chi connectivity index (χ0n) is 29.6. The van der Waals surface area contributed by atoms with Gasteiger partial charge in [0.2, 0.25) is 0 Å². The van der Waals surface area contributed by atoms with Crippen LogP contribution >= 0.6 is 0 Å². The molecular formula is C50H44. The molecule has 0 saturated heterocycles. The van der Waals surface area contributed by atoms with Gasteiger partial charge in [0.05, 0.1) is 0 Å². The normalized spacial score (nSPS) is 17.8. The van der Waals surface area contributed by atoms with Crippen LogP contribution in [0.3, 0.4) is 0 Å². The topological polar surface area (TPSA) is 0 Å². The Kier molecular flexibility index (Phi) is 9.72. The van der Waals surface area contributed by atoms with Gasteiger partial charge in [0.1, 0.15) is 0 Å². The second-order valence-electron chi connectivity index (χ2n) is 13.4. The van der Waals surface area contributed by atoms with Gasteiger partial charge in [0.15, 0.2) is 0 Å². The fourth-order valence-electron chi connectivity index (χ4n) is 7.38. The average molecular weight is 645 g/mol. The summed E-state index contributed by atoms with van der Waals surface area (Å²) in [5.41, 5.74) is 15.2. The molecule has 0 fully saturated rings. The Morgan fingerprint density at radius 1 is 0.540 bits per heavy atom. The summed E-state index contributed by atoms with van der Waals surface area (Å²) in [5.74, 6) is 0. The maximum atomic E-state index is 2.47. The SMILES string of the molecule is CC(C)=C1\C=C/C=C\C=C/C=C\1c1c2c(c(-c3cccc(/C(C)=C/C(=C(\C)c4ccccc4)c4ccccc4)c3)c3ccccc13)=CCCC=2. The molecule has 5 aromatic carbocycles. The summed E-state index contributed by atoms with van der Waals surface area (Å²) < 4.78 is 0. The van der Waals surface area contributed by atoms with Gasteiger partial charge < -0.3 is 0 Å². The largest absolute Gasteiger partial charge is 0.0757 e. The summed E-state index contributed by atoms with van der Waals surface area (Å²) in [6.45, 7) is 8.93. The van der Waals surface area contributed by atoms with Crippen molar-refractivity contribution in [3.05, 3.63) is 202 Å². The number of benzene rings is 5. The molecule has 0 unspecified atom stereocenters. The average Bonchev–Trinajstić information content (AvgIpc) is 3.29. The van der Waals surface area contributed by atoms with Crippen molar-refractivity contribution < 1.29 is 0 Å². The zero-order chi connectivity index (χ0) is 34.5. The quantitative estimate of drug-likeness (QED) is 0.127. The van der Waals surface area contributed by atoms with Gasteiger partial charge >= 0.3 is 0 Å². The van der Waals surface area contributed by atoms with Crippen LogP contribution in [0.15, 0.2) is 169 Å². The molecule has 5 aromatic rings. The summed E-state index contributed by atoms with van der Waals surface area (Å²) in [7, 11) is 0. The fraction of sp³-hybridized carbons (Fsp3) is 0.120. The van der Waals surface area contributed by atoms with E-state index in [9.17, 15) is 0 Å². The molecule has 244 valence electrons. The fourth-order valence-corrected chi connectivity index (χ4v) is 7.38. The zero-order valence-corrected chi connectivity index (χ0v) is 29.6. The molecule has 0 radical (unpaired) electrons. The standard InChI is InChI=1S/C50H44/c1-35(2)42-27-14-6-5-7-15-28-43(42)50-46-31-18-16-29-44(46)49(45-30-17-19-32-47(45)50)41-26-20-25-40(34-41)36(3)33-48(39-23-12-9-13-24-39)37(4)38-21-10-8-11-22-38/h5-16,18,20-34H,17,19H2,1-4H3/b6-5-,15-7-,27-14-,36-33+,43-28+,48-37-. The van der Waals surface area contributed by atoms with Gasteiger partial charge in [-0.1, -0.05) is 169 Å². The van der Waals surface area contributed by atoms with Crippen LogP contribution in [0, 0.1) is 0 Å². The van der Waals surface area contributed by atoms with E-state index in [1.807, 2.05) is 0 Å². The minimum atomic E-state index is 1.04. The lowest BCUT2D eigenvalue weighted by Crippen LogP contribution is -2.33. The van der Waals surface area contributed by atoms with E-state index in [0.717, 1.165) is 12.8 Å². The second-order valence-corrected chi connectivity index (χ2v) is 13.4. The third-order valence-corrected chi connectivity index (χ3v) is 9.89. The highest BCUT2D eigenvalue weighted by Gasteiger charge is 2.19. The van der Waals surface area contributed by atoms with Crippen LogP contribution in [0.2, 0.25) is 0 Å². The van der Waals surface area contributed by atoms with Crippen molar-refractivity contribution in [3.63, 3.8) is 0 Å². The summed E-state index contributed by atoms with van der Waals surface area (Å²) in [6, 6.07) is 39.7. The smallest absolute Gasteiger partial charge is 0.00237 e. The molecule has 0 bridgehead atoms. The molecule has 0 N–H and O–H groups in total. The molecule has 0 heteroatoms. The van der Waals surface area contributed by atoms with Gasteiger partial charge in [0.25, 0.3) is 0 Å². The summed E-state index contributed by atoms with van der Waals surface area (Å²) in [5, 5.41) is 5.26. The second kappa shape index (κ2) is 14.8. The third kappa shape index (κ3) is 6.63. The summed E-state index contributed by atoms with van der Waals surface area (Å²) in [4.78, 5) is 0. The van der Waals surface area contributed by atoms with Crippen molar-refractivity contribution >= 4 is 45.2 Å². The highest BCUT2D eigenvalue weighted by Crippen LogP contribution is 2.36. The van der Waals surface area contributed by atoms with E-state index in [0.29, 0.717) is 0 Å². The Morgan fingerprint density at radius 2 is 1.12 bits per heavy atom. The number of hydrogen-bond donors (Lipinski definition) is 0. The third-order valence-electron chi connectivity index (χ3n) is 9.89. The first kappa shape index (κ1) is 32.8. The van der Waals surface area contributed by atoms with E-state index in [1.54, 1.807) is 0 Å². The van der Waals surface area contributed by atoms with Crippen molar-refractivity contribution in [2.75, 3.05) is 0 Å². The highest BCUT2D eigenvalue weighted by atomic mass is 14.2. The van der Waals surface area contributed by atoms with Gasteiger partial charge in [-0.2, -0.15) is 0 Å². The lowest BCUT2D eigenvalue weighted by molar-refractivity contribution is 1.12. The van der Waals surface area contributed by atoms with E-state index in [1.165, 1.54) is 88.0 Å². The molecule has 0 spiro atoms. The van der Waals surface area contributed by atoms with Crippen LogP contribution in [-0.4, -0.2) is 0 Å². The van der Waals surface area contributed by atoms with Crippen LogP contribution in [0.25, 0.3) is 56.3 Å². The molecule has 0 amide bonds. The van der Waals surface area contributed by atoms with Crippen LogP contribution in [-0.2, 0) is 0 Å². The molecule has 0 aromatic heterocycles. The lowest BCUT2D eigenvalue weighted by Gasteiger charge is -2.21. The Bertz CT molecular complexity index is 2410. The monoisotopic (exact) mass is 644 g/mol. The predicted molar refractivity (Wildman–Crippen MR) is 220 cm³/mol. The van der Waals surface area contributed by atoms with E-state index in [4.69, 9.17) is 0 Å². The Hall–Kier alpha value is -5.72. The highest BCUT2D eigenvalue weighted by molar-refractivity contribution is 6.06. The molecular weight excluding hydrogens is 601 g/mol. The van der Waals surface area contributed by atoms with Crippen molar-refractivity contribution in [1.29, 1.82) is 0 Å². The number of rotatable bonds is 6. The van der Waals surface area contributed by atoms with Gasteiger partial charge in [-0.15, -0.1) is 0 Å². The molecule has 50 heavy (non-hydrogen) atoms. The van der Waals surface area contributed by atoms with Gasteiger partial charge in [-0.05, 0) is 129 Å². The number of allylic oxidation sites excluding steroid dienone is 14. The van der Waals surface area contributed by atoms with Crippen molar-refractivity contribution in [3.8, 4) is 11.1 Å². The van der Waals surface area contributed by atoms with Crippen LogP contribution in [0.1, 0.15) is 62.8 Å². The predicted octanol–water partition coefficient (Wildman–Crippen LogP) is 12.3. The first-order valence-corrected chi connectivity index (χ1v) is 17.8. The molecule has 0 heterocycles. The number of hydrogen-bond acceptors (Lipinski definition) is 0. The van der Waals surface area contributed by atoms with Crippen molar-refractivity contribution in [2.24, 2.45) is 0 Å². The van der Waals surface area contributed by atoms with Crippen molar-refractivity contribution in [2.45, 2.75) is 40.5 Å². The number of fused-ring (bicyclic) bond motifs is 2. The maximum Gasteiger partial charge on any atom is -0.00237 e. The van der Waals surface area contributed by atoms with Gasteiger partial charge in [-0.3, -0.25) is 0 Å². The van der Waals surface area contributed by atoms with Crippen LogP contribution in [0.5, 0.6) is 0 Å². The van der Waals surface area contributed by atoms with E-state index in [2.05, 4.69) is 198 Å². The molecule has 7 rings (SSSR count). The Balaban J connectivity index is 1.44. The van der Waals surface area contributed by atoms with E-state index >= 15 is 0 Å². The van der Waals surface area contributed by atoms with E-state index < -0.39 is 0 Å². The lowest BCUT2D eigenvalue weighted by atomic mass is 9.83. The molecule has 0 atom stereocenters. The van der Waals surface area contributed by atoms with Crippen LogP contribution in [0.4, 0.5) is 0 Å².